The summed E-state index contributed by atoms with van der Waals surface area (Å²) in [5.41, 5.74) is -0.688. The average Bonchev–Trinajstić information content (AvgIpc) is 3.01. The molecule has 19 heavy (non-hydrogen) atoms. The van der Waals surface area contributed by atoms with Gasteiger partial charge in [-0.1, -0.05) is 0 Å². The smallest absolute Gasteiger partial charge is 0.276 e. The quantitative estimate of drug-likeness (QED) is 0.820. The van der Waals surface area contributed by atoms with Gasteiger partial charge in [-0.15, -0.1) is 0 Å². The molecule has 2 aliphatic rings. The highest BCUT2D eigenvalue weighted by Crippen LogP contribution is 2.29. The molecular weight excluding hydrogens is 272 g/mol. The Bertz CT molecular complexity index is 572. The lowest BCUT2D eigenvalue weighted by atomic mass is 10.0. The zero-order valence-corrected chi connectivity index (χ0v) is 11.0. The highest BCUT2D eigenvalue weighted by atomic mass is 32.2. The van der Waals surface area contributed by atoms with Crippen molar-refractivity contribution < 1.29 is 22.4 Å². The number of hydrogen-bond acceptors (Lipinski definition) is 5. The Hall–Kier alpha value is -1.38. The van der Waals surface area contributed by atoms with Crippen molar-refractivity contribution in [3.63, 3.8) is 0 Å². The van der Waals surface area contributed by atoms with E-state index in [0.717, 1.165) is 0 Å². The minimum Gasteiger partial charge on any atom is -0.452 e. The fourth-order valence-corrected chi connectivity index (χ4v) is 3.77. The molecule has 1 aromatic heterocycles. The van der Waals surface area contributed by atoms with Gasteiger partial charge in [-0.25, -0.2) is 8.42 Å². The van der Waals surface area contributed by atoms with Crippen LogP contribution in [0.3, 0.4) is 0 Å². The third-order valence-electron chi connectivity index (χ3n) is 3.47. The van der Waals surface area contributed by atoms with Crippen molar-refractivity contribution >= 4 is 15.9 Å². The van der Waals surface area contributed by atoms with Crippen molar-refractivity contribution in [1.29, 1.82) is 0 Å². The van der Waals surface area contributed by atoms with E-state index in [9.17, 15) is 13.2 Å². The van der Waals surface area contributed by atoms with Gasteiger partial charge in [0.15, 0.2) is 0 Å². The maximum absolute atomic E-state index is 12.2. The maximum atomic E-state index is 12.2. The standard InChI is InChI=1S/C11H14N2O5S/c14-9-8-18-11(12-9)3-5-13(6-4-11)19(15,16)10-2-1-7-17-10/h1-2,7H,3-6,8H2,(H,12,14). The van der Waals surface area contributed by atoms with Crippen molar-refractivity contribution in [1.82, 2.24) is 9.62 Å². The van der Waals surface area contributed by atoms with Crippen molar-refractivity contribution in [2.45, 2.75) is 23.7 Å². The van der Waals surface area contributed by atoms with E-state index in [1.165, 1.54) is 16.6 Å². The number of sulfonamides is 1. The maximum Gasteiger partial charge on any atom is 0.276 e. The van der Waals surface area contributed by atoms with E-state index in [1.54, 1.807) is 6.07 Å². The first-order valence-electron chi connectivity index (χ1n) is 6.01. The highest BCUT2D eigenvalue weighted by Gasteiger charge is 2.44. The molecule has 3 rings (SSSR count). The molecule has 8 heteroatoms. The first-order valence-corrected chi connectivity index (χ1v) is 7.45. The topological polar surface area (TPSA) is 88.8 Å². The second-order valence-corrected chi connectivity index (χ2v) is 6.54. The van der Waals surface area contributed by atoms with Gasteiger partial charge < -0.3 is 14.5 Å². The summed E-state index contributed by atoms with van der Waals surface area (Å²) in [6, 6.07) is 2.96. The Labute approximate surface area is 110 Å². The Balaban J connectivity index is 1.72. The molecule has 2 fully saturated rings. The largest absolute Gasteiger partial charge is 0.452 e. The Kier molecular flexibility index (Phi) is 2.88. The third-order valence-corrected chi connectivity index (χ3v) is 5.25. The van der Waals surface area contributed by atoms with Crippen molar-refractivity contribution in [2.75, 3.05) is 19.7 Å². The van der Waals surface area contributed by atoms with Crippen LogP contribution in [0.15, 0.2) is 27.9 Å². The number of nitrogens with one attached hydrogen (secondary N) is 1. The lowest BCUT2D eigenvalue weighted by Gasteiger charge is -2.36. The molecule has 2 saturated heterocycles. The fraction of sp³-hybridized carbons (Fsp3) is 0.545. The van der Waals surface area contributed by atoms with Crippen LogP contribution >= 0.6 is 0 Å². The predicted molar refractivity (Wildman–Crippen MR) is 63.5 cm³/mol. The minimum atomic E-state index is -3.58. The van der Waals surface area contributed by atoms with E-state index >= 15 is 0 Å². The molecule has 0 atom stereocenters. The summed E-state index contributed by atoms with van der Waals surface area (Å²) in [5, 5.41) is 2.71. The summed E-state index contributed by atoms with van der Waals surface area (Å²) in [7, 11) is -3.58. The molecule has 1 spiro atoms. The zero-order chi connectivity index (χ0) is 13.5. The second-order valence-electron chi connectivity index (χ2n) is 4.67. The molecule has 3 heterocycles. The minimum absolute atomic E-state index is 0.0466. The summed E-state index contributed by atoms with van der Waals surface area (Å²) in [5.74, 6) is -0.151. The van der Waals surface area contributed by atoms with E-state index in [1.807, 2.05) is 0 Å². The molecule has 1 amide bonds. The van der Waals surface area contributed by atoms with Crippen molar-refractivity contribution in [3.8, 4) is 0 Å². The molecule has 0 aromatic carbocycles. The van der Waals surface area contributed by atoms with E-state index in [0.29, 0.717) is 25.9 Å². The van der Waals surface area contributed by atoms with Crippen LogP contribution in [0.5, 0.6) is 0 Å². The van der Waals surface area contributed by atoms with Gasteiger partial charge >= 0.3 is 0 Å². The van der Waals surface area contributed by atoms with Crippen LogP contribution in [0.25, 0.3) is 0 Å². The van der Waals surface area contributed by atoms with E-state index in [-0.39, 0.29) is 17.6 Å². The van der Waals surface area contributed by atoms with Crippen molar-refractivity contribution in [2.24, 2.45) is 0 Å². The number of furan rings is 1. The molecule has 0 saturated carbocycles. The normalized spacial score (nSPS) is 23.7. The number of hydrogen-bond donors (Lipinski definition) is 1. The van der Waals surface area contributed by atoms with E-state index in [4.69, 9.17) is 9.15 Å². The van der Waals surface area contributed by atoms with Crippen LogP contribution in [-0.4, -0.2) is 44.1 Å². The van der Waals surface area contributed by atoms with Crippen LogP contribution in [0.1, 0.15) is 12.8 Å². The summed E-state index contributed by atoms with van der Waals surface area (Å²) in [6.07, 6.45) is 2.22. The fourth-order valence-electron chi connectivity index (χ4n) is 2.42. The average molecular weight is 286 g/mol. The molecular formula is C11H14N2O5S. The SMILES string of the molecule is O=C1COC2(CCN(S(=O)(=O)c3ccco3)CC2)N1. The van der Waals surface area contributed by atoms with Crippen LogP contribution < -0.4 is 5.32 Å². The Morgan fingerprint density at radius 2 is 2.05 bits per heavy atom. The summed E-state index contributed by atoms with van der Waals surface area (Å²) >= 11 is 0. The van der Waals surface area contributed by atoms with Crippen LogP contribution in [0.4, 0.5) is 0 Å². The van der Waals surface area contributed by atoms with Gasteiger partial charge in [-0.2, -0.15) is 4.31 Å². The Morgan fingerprint density at radius 3 is 2.58 bits per heavy atom. The molecule has 0 bridgehead atoms. The van der Waals surface area contributed by atoms with Gasteiger partial charge in [0, 0.05) is 25.9 Å². The van der Waals surface area contributed by atoms with E-state index < -0.39 is 15.7 Å². The molecule has 7 nitrogen and oxygen atoms in total. The van der Waals surface area contributed by atoms with Gasteiger partial charge in [-0.3, -0.25) is 4.79 Å². The molecule has 104 valence electrons. The summed E-state index contributed by atoms with van der Waals surface area (Å²) < 4.78 is 36.2. The number of ether oxygens (including phenoxy) is 1. The summed E-state index contributed by atoms with van der Waals surface area (Å²) in [4.78, 5) is 11.2. The lowest BCUT2D eigenvalue weighted by Crippen LogP contribution is -2.52. The summed E-state index contributed by atoms with van der Waals surface area (Å²) in [6.45, 7) is 0.636. The molecule has 0 aliphatic carbocycles. The van der Waals surface area contributed by atoms with Gasteiger partial charge in [0.2, 0.25) is 11.0 Å². The number of carbonyl (C=O) groups excluding carboxylic acids is 1. The third kappa shape index (κ3) is 2.15. The predicted octanol–water partition coefficient (Wildman–Crippen LogP) is -0.0932. The first-order chi connectivity index (χ1) is 9.02. The molecule has 0 unspecified atom stereocenters. The number of nitrogens with zero attached hydrogens (tertiary/aromatic N) is 1. The van der Waals surface area contributed by atoms with Gasteiger partial charge in [-0.05, 0) is 12.1 Å². The second kappa shape index (κ2) is 4.32. The molecule has 0 radical (unpaired) electrons. The van der Waals surface area contributed by atoms with Gasteiger partial charge in [0.05, 0.1) is 6.26 Å². The van der Waals surface area contributed by atoms with Crippen LogP contribution in [0, 0.1) is 0 Å². The van der Waals surface area contributed by atoms with Crippen molar-refractivity contribution in [3.05, 3.63) is 18.4 Å². The van der Waals surface area contributed by atoms with Gasteiger partial charge in [0.1, 0.15) is 12.3 Å². The zero-order valence-electron chi connectivity index (χ0n) is 10.2. The monoisotopic (exact) mass is 286 g/mol. The van der Waals surface area contributed by atoms with E-state index in [2.05, 4.69) is 5.32 Å². The highest BCUT2D eigenvalue weighted by molar-refractivity contribution is 7.89. The molecule has 1 aromatic rings. The first kappa shape index (κ1) is 12.6. The number of amides is 1. The number of rotatable bonds is 2. The van der Waals surface area contributed by atoms with Gasteiger partial charge in [0.25, 0.3) is 10.0 Å². The lowest BCUT2D eigenvalue weighted by molar-refractivity contribution is -0.119. The van der Waals surface area contributed by atoms with Crippen LogP contribution in [0.2, 0.25) is 0 Å². The van der Waals surface area contributed by atoms with Crippen LogP contribution in [-0.2, 0) is 19.6 Å². The Morgan fingerprint density at radius 1 is 1.32 bits per heavy atom. The molecule has 1 N–H and O–H groups in total. The molecule has 2 aliphatic heterocycles. The number of carbonyl (C=O) groups is 1. The number of piperidine rings is 1.